The third-order valence-electron chi connectivity index (χ3n) is 2.73. The van der Waals surface area contributed by atoms with Crippen molar-refractivity contribution in [1.82, 2.24) is 4.98 Å². The molecular weight excluding hydrogens is 332 g/mol. The van der Waals surface area contributed by atoms with Gasteiger partial charge in [-0.05, 0) is 42.3 Å². The van der Waals surface area contributed by atoms with E-state index in [4.69, 9.17) is 16.4 Å². The molecule has 0 fully saturated rings. The predicted molar refractivity (Wildman–Crippen MR) is 93.0 cm³/mol. The maximum atomic E-state index is 11.4. The lowest BCUT2D eigenvalue weighted by Gasteiger charge is -2.02. The van der Waals surface area contributed by atoms with Gasteiger partial charge in [-0.15, -0.1) is 0 Å². The SMILES string of the molecule is CC(C)CC(=O)ON=Cc1ccc(Sc2ccc(Cl)cc2)nc1. The fraction of sp³-hybridized carbons (Fsp3) is 0.235. The molecule has 0 bridgehead atoms. The molecular formula is C17H17ClN2O2S. The van der Waals surface area contributed by atoms with Crippen molar-refractivity contribution in [3.05, 3.63) is 53.2 Å². The number of aromatic nitrogens is 1. The highest BCUT2D eigenvalue weighted by molar-refractivity contribution is 7.99. The van der Waals surface area contributed by atoms with Gasteiger partial charge in [-0.1, -0.05) is 42.4 Å². The second-order valence-electron chi connectivity index (χ2n) is 5.28. The van der Waals surface area contributed by atoms with Crippen LogP contribution in [-0.2, 0) is 9.63 Å². The number of hydrogen-bond acceptors (Lipinski definition) is 5. The summed E-state index contributed by atoms with van der Waals surface area (Å²) in [5.74, 6) is -0.0809. The van der Waals surface area contributed by atoms with Crippen LogP contribution in [-0.4, -0.2) is 17.2 Å². The summed E-state index contributed by atoms with van der Waals surface area (Å²) < 4.78 is 0. The molecule has 0 atom stereocenters. The Labute approximate surface area is 144 Å². The molecule has 23 heavy (non-hydrogen) atoms. The van der Waals surface area contributed by atoms with E-state index < -0.39 is 0 Å². The van der Waals surface area contributed by atoms with Crippen LogP contribution in [0, 0.1) is 5.92 Å². The molecule has 2 rings (SSSR count). The predicted octanol–water partition coefficient (Wildman–Crippen LogP) is 4.81. The standard InChI is InChI=1S/C17H17ClN2O2S/c1-12(2)9-17(21)22-20-11-13-3-8-16(19-10-13)23-15-6-4-14(18)5-7-15/h3-8,10-12H,9H2,1-2H3. The number of halogens is 1. The first kappa shape index (κ1) is 17.5. The molecule has 0 unspecified atom stereocenters. The third kappa shape index (κ3) is 6.42. The van der Waals surface area contributed by atoms with Gasteiger partial charge < -0.3 is 4.84 Å². The molecule has 2 aromatic rings. The zero-order chi connectivity index (χ0) is 16.7. The van der Waals surface area contributed by atoms with Crippen molar-refractivity contribution in [2.75, 3.05) is 0 Å². The minimum absolute atomic E-state index is 0.253. The van der Waals surface area contributed by atoms with Gasteiger partial charge in [-0.3, -0.25) is 0 Å². The van der Waals surface area contributed by atoms with Crippen LogP contribution in [0.4, 0.5) is 0 Å². The van der Waals surface area contributed by atoms with Crippen molar-refractivity contribution in [2.24, 2.45) is 11.1 Å². The van der Waals surface area contributed by atoms with Crippen LogP contribution in [0.15, 0.2) is 57.7 Å². The zero-order valence-electron chi connectivity index (χ0n) is 12.9. The van der Waals surface area contributed by atoms with E-state index in [0.717, 1.165) is 15.5 Å². The highest BCUT2D eigenvalue weighted by Gasteiger charge is 2.05. The van der Waals surface area contributed by atoms with Crippen LogP contribution < -0.4 is 0 Å². The number of benzene rings is 1. The van der Waals surface area contributed by atoms with Gasteiger partial charge in [0, 0.05) is 21.7 Å². The molecule has 1 aromatic heterocycles. The van der Waals surface area contributed by atoms with Crippen molar-refractivity contribution in [3.8, 4) is 0 Å². The lowest BCUT2D eigenvalue weighted by molar-refractivity contribution is -0.144. The van der Waals surface area contributed by atoms with Crippen molar-refractivity contribution in [2.45, 2.75) is 30.2 Å². The summed E-state index contributed by atoms with van der Waals surface area (Å²) in [6.07, 6.45) is 3.51. The van der Waals surface area contributed by atoms with Crippen molar-refractivity contribution >= 4 is 35.5 Å². The van der Waals surface area contributed by atoms with Gasteiger partial charge in [0.05, 0.1) is 12.6 Å². The van der Waals surface area contributed by atoms with Crippen molar-refractivity contribution < 1.29 is 9.63 Å². The first-order valence-electron chi connectivity index (χ1n) is 7.15. The number of oxime groups is 1. The van der Waals surface area contributed by atoms with Gasteiger partial charge in [0.1, 0.15) is 5.03 Å². The molecule has 0 N–H and O–H groups in total. The summed E-state index contributed by atoms with van der Waals surface area (Å²) in [5, 5.41) is 5.25. The molecule has 1 aromatic carbocycles. The number of hydrogen-bond donors (Lipinski definition) is 0. The summed E-state index contributed by atoms with van der Waals surface area (Å²) in [6.45, 7) is 3.90. The Morgan fingerprint density at radius 2 is 2.04 bits per heavy atom. The summed E-state index contributed by atoms with van der Waals surface area (Å²) >= 11 is 7.40. The van der Waals surface area contributed by atoms with Gasteiger partial charge >= 0.3 is 5.97 Å². The van der Waals surface area contributed by atoms with E-state index in [2.05, 4.69) is 10.1 Å². The van der Waals surface area contributed by atoms with Crippen LogP contribution in [0.1, 0.15) is 25.8 Å². The smallest absolute Gasteiger partial charge is 0.318 e. The van der Waals surface area contributed by atoms with E-state index in [1.807, 2.05) is 50.2 Å². The summed E-state index contributed by atoms with van der Waals surface area (Å²) in [6, 6.07) is 11.3. The first-order valence-corrected chi connectivity index (χ1v) is 8.35. The van der Waals surface area contributed by atoms with E-state index >= 15 is 0 Å². The topological polar surface area (TPSA) is 51.5 Å². The van der Waals surface area contributed by atoms with E-state index in [9.17, 15) is 4.79 Å². The number of pyridine rings is 1. The van der Waals surface area contributed by atoms with E-state index in [-0.39, 0.29) is 11.9 Å². The molecule has 6 heteroatoms. The van der Waals surface area contributed by atoms with Crippen LogP contribution in [0.5, 0.6) is 0 Å². The second kappa shape index (κ2) is 8.70. The quantitative estimate of drug-likeness (QED) is 0.427. The fourth-order valence-electron chi connectivity index (χ4n) is 1.67. The highest BCUT2D eigenvalue weighted by atomic mass is 35.5. The Morgan fingerprint density at radius 1 is 1.30 bits per heavy atom. The van der Waals surface area contributed by atoms with Gasteiger partial charge in [0.15, 0.2) is 0 Å². The molecule has 0 spiro atoms. The molecule has 0 aliphatic heterocycles. The monoisotopic (exact) mass is 348 g/mol. The van der Waals surface area contributed by atoms with E-state index in [1.165, 1.54) is 6.21 Å². The van der Waals surface area contributed by atoms with Crippen LogP contribution in [0.25, 0.3) is 0 Å². The third-order valence-corrected chi connectivity index (χ3v) is 3.94. The van der Waals surface area contributed by atoms with Gasteiger partial charge in [0.2, 0.25) is 0 Å². The van der Waals surface area contributed by atoms with Crippen LogP contribution in [0.3, 0.4) is 0 Å². The van der Waals surface area contributed by atoms with Crippen molar-refractivity contribution in [1.29, 1.82) is 0 Å². The van der Waals surface area contributed by atoms with Gasteiger partial charge in [0.25, 0.3) is 0 Å². The van der Waals surface area contributed by atoms with Crippen LogP contribution in [0.2, 0.25) is 5.02 Å². The molecule has 0 aliphatic carbocycles. The lowest BCUT2D eigenvalue weighted by atomic mass is 10.1. The Bertz CT molecular complexity index is 670. The maximum Gasteiger partial charge on any atom is 0.335 e. The Balaban J connectivity index is 1.89. The van der Waals surface area contributed by atoms with E-state index in [1.54, 1.807) is 18.0 Å². The largest absolute Gasteiger partial charge is 0.335 e. The normalized spacial score (nSPS) is 11.1. The van der Waals surface area contributed by atoms with Gasteiger partial charge in [-0.2, -0.15) is 0 Å². The maximum absolute atomic E-state index is 11.4. The molecule has 0 saturated carbocycles. The number of nitrogens with zero attached hydrogens (tertiary/aromatic N) is 2. The molecule has 4 nitrogen and oxygen atoms in total. The van der Waals surface area contributed by atoms with Crippen LogP contribution >= 0.6 is 23.4 Å². The Hall–Kier alpha value is -1.85. The lowest BCUT2D eigenvalue weighted by Crippen LogP contribution is -2.04. The molecule has 1 heterocycles. The molecule has 0 amide bonds. The zero-order valence-corrected chi connectivity index (χ0v) is 14.5. The average Bonchev–Trinajstić information content (AvgIpc) is 2.50. The average molecular weight is 349 g/mol. The first-order chi connectivity index (χ1) is 11.0. The number of carbonyl (C=O) groups is 1. The van der Waals surface area contributed by atoms with Gasteiger partial charge in [-0.25, -0.2) is 9.78 Å². The Kier molecular flexibility index (Phi) is 6.62. The summed E-state index contributed by atoms with van der Waals surface area (Å²) in [7, 11) is 0. The minimum atomic E-state index is -0.334. The number of rotatable bonds is 6. The summed E-state index contributed by atoms with van der Waals surface area (Å²) in [5.41, 5.74) is 0.766. The minimum Gasteiger partial charge on any atom is -0.318 e. The highest BCUT2D eigenvalue weighted by Crippen LogP contribution is 2.26. The summed E-state index contributed by atoms with van der Waals surface area (Å²) in [4.78, 5) is 21.5. The number of carbonyl (C=O) groups excluding carboxylic acids is 1. The Morgan fingerprint density at radius 3 is 2.65 bits per heavy atom. The fourth-order valence-corrected chi connectivity index (χ4v) is 2.55. The molecule has 120 valence electrons. The second-order valence-corrected chi connectivity index (χ2v) is 6.81. The molecule has 0 aliphatic rings. The molecule has 0 saturated heterocycles. The van der Waals surface area contributed by atoms with E-state index in [0.29, 0.717) is 11.4 Å². The van der Waals surface area contributed by atoms with Crippen molar-refractivity contribution in [3.63, 3.8) is 0 Å². The molecule has 0 radical (unpaired) electrons.